The van der Waals surface area contributed by atoms with E-state index in [1.807, 2.05) is 20.8 Å². The highest BCUT2D eigenvalue weighted by atomic mass is 16.6. The number of ether oxygens (including phenoxy) is 1. The van der Waals surface area contributed by atoms with Gasteiger partial charge in [0.1, 0.15) is 11.1 Å². The van der Waals surface area contributed by atoms with Gasteiger partial charge in [0.2, 0.25) is 0 Å². The number of hydrogen-bond acceptors (Lipinski definition) is 4. The Morgan fingerprint density at radius 3 is 2.54 bits per heavy atom. The van der Waals surface area contributed by atoms with E-state index >= 15 is 0 Å². The topological polar surface area (TPSA) is 64.3 Å². The summed E-state index contributed by atoms with van der Waals surface area (Å²) in [5, 5.41) is 3.05. The molecule has 0 aromatic rings. The molecule has 0 bridgehead atoms. The third-order valence-electron chi connectivity index (χ3n) is 1.99. The lowest BCUT2D eigenvalue weighted by molar-refractivity contribution is -0.160. The van der Waals surface area contributed by atoms with E-state index in [2.05, 4.69) is 5.32 Å². The molecule has 1 aliphatic rings. The van der Waals surface area contributed by atoms with E-state index in [4.69, 9.17) is 10.5 Å². The molecule has 76 valence electrons. The van der Waals surface area contributed by atoms with E-state index in [9.17, 15) is 4.79 Å². The van der Waals surface area contributed by atoms with Gasteiger partial charge in [-0.05, 0) is 33.7 Å². The fourth-order valence-corrected chi connectivity index (χ4v) is 1.27. The Hall–Kier alpha value is -0.610. The van der Waals surface area contributed by atoms with Crippen LogP contribution in [0.25, 0.3) is 0 Å². The SMILES string of the molecule is CC(C)(C)OC(=O)[C@]1(N)CCNC1. The lowest BCUT2D eigenvalue weighted by atomic mass is 10.0. The molecule has 1 fully saturated rings. The molecule has 1 heterocycles. The molecule has 0 aromatic carbocycles. The number of esters is 1. The van der Waals surface area contributed by atoms with Gasteiger partial charge in [-0.1, -0.05) is 0 Å². The van der Waals surface area contributed by atoms with Crippen LogP contribution in [0.4, 0.5) is 0 Å². The van der Waals surface area contributed by atoms with Crippen LogP contribution in [0, 0.1) is 0 Å². The zero-order chi connectivity index (χ0) is 10.1. The second-order valence-corrected chi connectivity index (χ2v) is 4.58. The van der Waals surface area contributed by atoms with Gasteiger partial charge < -0.3 is 15.8 Å². The van der Waals surface area contributed by atoms with Gasteiger partial charge in [-0.25, -0.2) is 4.79 Å². The predicted molar refractivity (Wildman–Crippen MR) is 50.3 cm³/mol. The Morgan fingerprint density at radius 1 is 1.54 bits per heavy atom. The maximum Gasteiger partial charge on any atom is 0.328 e. The molecule has 1 rings (SSSR count). The van der Waals surface area contributed by atoms with Crippen molar-refractivity contribution < 1.29 is 9.53 Å². The van der Waals surface area contributed by atoms with Crippen molar-refractivity contribution in [3.63, 3.8) is 0 Å². The highest BCUT2D eigenvalue weighted by Gasteiger charge is 2.40. The molecule has 0 unspecified atom stereocenters. The van der Waals surface area contributed by atoms with Crippen molar-refractivity contribution in [1.82, 2.24) is 5.32 Å². The monoisotopic (exact) mass is 186 g/mol. The van der Waals surface area contributed by atoms with Crippen molar-refractivity contribution in [2.24, 2.45) is 5.73 Å². The van der Waals surface area contributed by atoms with Crippen LogP contribution in [0.1, 0.15) is 27.2 Å². The first kappa shape index (κ1) is 10.5. The van der Waals surface area contributed by atoms with Crippen molar-refractivity contribution in [1.29, 1.82) is 0 Å². The third kappa shape index (κ3) is 2.67. The van der Waals surface area contributed by atoms with Crippen LogP contribution in [0.3, 0.4) is 0 Å². The summed E-state index contributed by atoms with van der Waals surface area (Å²) < 4.78 is 5.22. The zero-order valence-electron chi connectivity index (χ0n) is 8.52. The molecule has 4 nitrogen and oxygen atoms in total. The first-order valence-electron chi connectivity index (χ1n) is 4.57. The average molecular weight is 186 g/mol. The highest BCUT2D eigenvalue weighted by Crippen LogP contribution is 2.17. The summed E-state index contributed by atoms with van der Waals surface area (Å²) in [7, 11) is 0. The van der Waals surface area contributed by atoms with Crippen LogP contribution in [0.15, 0.2) is 0 Å². The highest BCUT2D eigenvalue weighted by molar-refractivity contribution is 5.81. The summed E-state index contributed by atoms with van der Waals surface area (Å²) in [4.78, 5) is 11.6. The van der Waals surface area contributed by atoms with E-state index < -0.39 is 11.1 Å². The fraction of sp³-hybridized carbons (Fsp3) is 0.889. The van der Waals surface area contributed by atoms with Crippen molar-refractivity contribution in [3.8, 4) is 0 Å². The van der Waals surface area contributed by atoms with Crippen LogP contribution in [0.5, 0.6) is 0 Å². The first-order chi connectivity index (χ1) is 5.83. The molecule has 1 aliphatic heterocycles. The summed E-state index contributed by atoms with van der Waals surface area (Å²) in [6.45, 7) is 6.83. The Bertz CT molecular complexity index is 202. The molecule has 0 aliphatic carbocycles. The molecular weight excluding hydrogens is 168 g/mol. The Morgan fingerprint density at radius 2 is 2.15 bits per heavy atom. The summed E-state index contributed by atoms with van der Waals surface area (Å²) in [6, 6.07) is 0. The van der Waals surface area contributed by atoms with Crippen LogP contribution in [0.2, 0.25) is 0 Å². The lowest BCUT2D eigenvalue weighted by Crippen LogP contribution is -2.52. The molecule has 0 spiro atoms. The standard InChI is InChI=1S/C9H18N2O2/c1-8(2,3)13-7(12)9(10)4-5-11-6-9/h11H,4-6,10H2,1-3H3/t9-/m0/s1. The van der Waals surface area contributed by atoms with Crippen LogP contribution in [-0.2, 0) is 9.53 Å². The minimum Gasteiger partial charge on any atom is -0.459 e. The average Bonchev–Trinajstić information content (AvgIpc) is 2.33. The number of hydrogen-bond donors (Lipinski definition) is 2. The summed E-state index contributed by atoms with van der Waals surface area (Å²) in [6.07, 6.45) is 0.655. The second-order valence-electron chi connectivity index (χ2n) is 4.58. The maximum atomic E-state index is 11.6. The normalized spacial score (nSPS) is 28.9. The van der Waals surface area contributed by atoms with Crippen LogP contribution < -0.4 is 11.1 Å². The van der Waals surface area contributed by atoms with Gasteiger partial charge in [0, 0.05) is 6.54 Å². The number of carbonyl (C=O) groups is 1. The molecule has 0 amide bonds. The number of nitrogens with two attached hydrogens (primary N) is 1. The quantitative estimate of drug-likeness (QED) is 0.567. The largest absolute Gasteiger partial charge is 0.459 e. The molecular formula is C9H18N2O2. The van der Waals surface area contributed by atoms with Gasteiger partial charge in [0.25, 0.3) is 0 Å². The number of rotatable bonds is 1. The summed E-state index contributed by atoms with van der Waals surface area (Å²) in [5.74, 6) is -0.301. The maximum absolute atomic E-state index is 11.6. The van der Waals surface area contributed by atoms with Crippen molar-refractivity contribution >= 4 is 5.97 Å². The number of carbonyl (C=O) groups excluding carboxylic acids is 1. The van der Waals surface area contributed by atoms with E-state index in [0.717, 1.165) is 6.54 Å². The van der Waals surface area contributed by atoms with Gasteiger partial charge in [-0.15, -0.1) is 0 Å². The second kappa shape index (κ2) is 3.27. The van der Waals surface area contributed by atoms with Crippen molar-refractivity contribution in [3.05, 3.63) is 0 Å². The Balaban J connectivity index is 2.57. The van der Waals surface area contributed by atoms with Gasteiger partial charge in [0.05, 0.1) is 0 Å². The van der Waals surface area contributed by atoms with Gasteiger partial charge >= 0.3 is 5.97 Å². The van der Waals surface area contributed by atoms with E-state index in [1.165, 1.54) is 0 Å². The minimum atomic E-state index is -0.812. The smallest absolute Gasteiger partial charge is 0.328 e. The van der Waals surface area contributed by atoms with Crippen LogP contribution >= 0.6 is 0 Å². The molecule has 1 atom stereocenters. The van der Waals surface area contributed by atoms with E-state index in [-0.39, 0.29) is 5.97 Å². The molecule has 1 saturated heterocycles. The molecule has 0 aromatic heterocycles. The molecule has 0 saturated carbocycles. The Kier molecular flexibility index (Phi) is 2.63. The first-order valence-corrected chi connectivity index (χ1v) is 4.57. The third-order valence-corrected chi connectivity index (χ3v) is 1.99. The Labute approximate surface area is 78.8 Å². The minimum absolute atomic E-state index is 0.301. The van der Waals surface area contributed by atoms with Crippen molar-refractivity contribution in [2.45, 2.75) is 38.3 Å². The van der Waals surface area contributed by atoms with E-state index in [1.54, 1.807) is 0 Å². The van der Waals surface area contributed by atoms with Crippen LogP contribution in [-0.4, -0.2) is 30.2 Å². The summed E-state index contributed by atoms with van der Waals surface area (Å²) >= 11 is 0. The van der Waals surface area contributed by atoms with Gasteiger partial charge in [-0.3, -0.25) is 0 Å². The molecule has 4 heteroatoms. The molecule has 0 radical (unpaired) electrons. The molecule has 13 heavy (non-hydrogen) atoms. The van der Waals surface area contributed by atoms with E-state index in [0.29, 0.717) is 13.0 Å². The van der Waals surface area contributed by atoms with Crippen molar-refractivity contribution in [2.75, 3.05) is 13.1 Å². The predicted octanol–water partition coefficient (Wildman–Crippen LogP) is 0.0189. The lowest BCUT2D eigenvalue weighted by Gasteiger charge is -2.27. The molecule has 3 N–H and O–H groups in total. The summed E-state index contributed by atoms with van der Waals surface area (Å²) in [5.41, 5.74) is 4.61. The van der Waals surface area contributed by atoms with Gasteiger partial charge in [0.15, 0.2) is 0 Å². The zero-order valence-corrected chi connectivity index (χ0v) is 8.52. The number of nitrogens with one attached hydrogen (secondary N) is 1. The van der Waals surface area contributed by atoms with Gasteiger partial charge in [-0.2, -0.15) is 0 Å². The fourth-order valence-electron chi connectivity index (χ4n) is 1.27.